The van der Waals surface area contributed by atoms with Crippen molar-refractivity contribution in [3.63, 3.8) is 0 Å². The molecule has 8 aromatic carbocycles. The van der Waals surface area contributed by atoms with Crippen LogP contribution < -0.4 is 5.73 Å². The van der Waals surface area contributed by atoms with E-state index in [1.807, 2.05) is 72.0 Å². The molecule has 0 aliphatic heterocycles. The molecular formula is C46H33N3S. The fraction of sp³-hybridized carbons (Fsp3) is 0.0217. The Balaban J connectivity index is 0.000000143. The molecule has 2 heterocycles. The summed E-state index contributed by atoms with van der Waals surface area (Å²) in [7, 11) is 2.17. The van der Waals surface area contributed by atoms with Crippen molar-refractivity contribution in [3.8, 4) is 11.1 Å². The number of anilines is 1. The molecule has 0 amide bonds. The lowest BCUT2D eigenvalue weighted by atomic mass is 9.97. The maximum Gasteiger partial charge on any atom is 0.0705 e. The van der Waals surface area contributed by atoms with Crippen molar-refractivity contribution in [2.45, 2.75) is 0 Å². The summed E-state index contributed by atoms with van der Waals surface area (Å²) in [5.74, 6) is 0. The van der Waals surface area contributed by atoms with Gasteiger partial charge in [-0.05, 0) is 57.6 Å². The highest BCUT2D eigenvalue weighted by Gasteiger charge is 2.15. The van der Waals surface area contributed by atoms with Crippen molar-refractivity contribution in [2.24, 2.45) is 7.05 Å². The molecule has 50 heavy (non-hydrogen) atoms. The van der Waals surface area contributed by atoms with Crippen LogP contribution in [0, 0.1) is 5.41 Å². The predicted molar refractivity (Wildman–Crippen MR) is 217 cm³/mol. The molecule has 0 spiro atoms. The van der Waals surface area contributed by atoms with Gasteiger partial charge in [0, 0.05) is 71.2 Å². The van der Waals surface area contributed by atoms with Crippen molar-refractivity contribution in [1.82, 2.24) is 4.57 Å². The first-order valence-electron chi connectivity index (χ1n) is 16.8. The number of nitrogens with one attached hydrogen (secondary N) is 1. The Morgan fingerprint density at radius 1 is 0.540 bits per heavy atom. The number of aromatic nitrogens is 1. The third-order valence-corrected chi connectivity index (χ3v) is 11.1. The van der Waals surface area contributed by atoms with Crippen molar-refractivity contribution < 1.29 is 0 Å². The topological polar surface area (TPSA) is 54.8 Å². The molecule has 0 bridgehead atoms. The molecule has 0 saturated heterocycles. The second-order valence-electron chi connectivity index (χ2n) is 12.7. The lowest BCUT2D eigenvalue weighted by Crippen LogP contribution is -2.05. The predicted octanol–water partition coefficient (Wildman–Crippen LogP) is 12.4. The van der Waals surface area contributed by atoms with Gasteiger partial charge < -0.3 is 10.3 Å². The Labute approximate surface area is 294 Å². The van der Waals surface area contributed by atoms with E-state index in [1.54, 1.807) is 0 Å². The molecule has 2 aromatic heterocycles. The van der Waals surface area contributed by atoms with Gasteiger partial charge in [0.25, 0.3) is 0 Å². The zero-order chi connectivity index (χ0) is 33.8. The molecule has 0 saturated carbocycles. The van der Waals surface area contributed by atoms with Crippen LogP contribution in [0.15, 0.2) is 164 Å². The van der Waals surface area contributed by atoms with Crippen molar-refractivity contribution in [3.05, 3.63) is 175 Å². The lowest BCUT2D eigenvalue weighted by molar-refractivity contribution is 1.01. The number of nitrogens with two attached hydrogens (primary N) is 1. The Kier molecular flexibility index (Phi) is 7.19. The fourth-order valence-corrected chi connectivity index (χ4v) is 8.70. The smallest absolute Gasteiger partial charge is 0.0705 e. The minimum Gasteiger partial charge on any atom is -0.398 e. The van der Waals surface area contributed by atoms with Crippen LogP contribution in [0.25, 0.3) is 74.6 Å². The highest BCUT2D eigenvalue weighted by molar-refractivity contribution is 7.26. The normalized spacial score (nSPS) is 11.5. The van der Waals surface area contributed by atoms with Gasteiger partial charge in [-0.3, -0.25) is 5.41 Å². The van der Waals surface area contributed by atoms with Gasteiger partial charge in [0.2, 0.25) is 0 Å². The molecule has 238 valence electrons. The molecule has 0 aliphatic rings. The molecule has 0 unspecified atom stereocenters. The van der Waals surface area contributed by atoms with E-state index in [4.69, 9.17) is 11.1 Å². The van der Waals surface area contributed by atoms with E-state index >= 15 is 0 Å². The van der Waals surface area contributed by atoms with Crippen molar-refractivity contribution >= 4 is 86.3 Å². The highest BCUT2D eigenvalue weighted by Crippen LogP contribution is 2.43. The zero-order valence-corrected chi connectivity index (χ0v) is 28.3. The SMILES string of the molecule is Cn1c2ccccc2c2c3ccc4ccc5c6ccccc6sc5c4c3ccc21.N=C(c1cccc(-c2ccccc2)c1)c1ccccc1N. The van der Waals surface area contributed by atoms with Crippen LogP contribution in [0.2, 0.25) is 0 Å². The van der Waals surface area contributed by atoms with E-state index < -0.39 is 0 Å². The molecule has 0 radical (unpaired) electrons. The van der Waals surface area contributed by atoms with Gasteiger partial charge in [0.15, 0.2) is 0 Å². The molecule has 4 heteroatoms. The number of fused-ring (bicyclic) bond motifs is 11. The number of hydrogen-bond acceptors (Lipinski definition) is 3. The molecule has 10 aromatic rings. The number of thiophene rings is 1. The van der Waals surface area contributed by atoms with E-state index in [0.717, 1.165) is 22.3 Å². The average molecular weight is 660 g/mol. The second-order valence-corrected chi connectivity index (χ2v) is 13.8. The third kappa shape index (κ3) is 4.84. The number of aryl methyl sites for hydroxylation is 1. The van der Waals surface area contributed by atoms with E-state index in [1.165, 1.54) is 63.5 Å². The van der Waals surface area contributed by atoms with Crippen LogP contribution in [0.1, 0.15) is 11.1 Å². The summed E-state index contributed by atoms with van der Waals surface area (Å²) < 4.78 is 5.07. The van der Waals surface area contributed by atoms with Gasteiger partial charge in [0.1, 0.15) is 0 Å². The molecule has 0 fully saturated rings. The standard InChI is InChI=1S/C27H17NS.C19H16N2/c1-28-22-8-4-2-7-21(22)26-19-12-10-16-11-13-20-17-6-3-5-9-24(17)29-27(20)25(16)18(19)14-15-23(26)28;20-18-12-5-4-11-17(18)19(21)16-10-6-9-15(13-16)14-7-2-1-3-8-14/h2-15H,1H3;1-13,21H,20H2. The third-order valence-electron chi connectivity index (χ3n) is 9.89. The first kappa shape index (κ1) is 29.9. The summed E-state index contributed by atoms with van der Waals surface area (Å²) in [6.45, 7) is 0. The summed E-state index contributed by atoms with van der Waals surface area (Å²) in [5, 5.41) is 19.2. The molecule has 0 aliphatic carbocycles. The Hall–Kier alpha value is -6.23. The highest BCUT2D eigenvalue weighted by atomic mass is 32.1. The zero-order valence-electron chi connectivity index (χ0n) is 27.5. The Bertz CT molecular complexity index is 2910. The van der Waals surface area contributed by atoms with Gasteiger partial charge in [-0.25, -0.2) is 0 Å². The fourth-order valence-electron chi connectivity index (χ4n) is 7.43. The second kappa shape index (κ2) is 12.0. The van der Waals surface area contributed by atoms with Crippen LogP contribution in [0.4, 0.5) is 5.69 Å². The number of para-hydroxylation sites is 2. The van der Waals surface area contributed by atoms with E-state index in [0.29, 0.717) is 11.4 Å². The molecule has 3 N–H and O–H groups in total. The van der Waals surface area contributed by atoms with Crippen molar-refractivity contribution in [1.29, 1.82) is 5.41 Å². The number of benzene rings is 8. The largest absolute Gasteiger partial charge is 0.398 e. The number of nitrogen functional groups attached to an aromatic ring is 1. The van der Waals surface area contributed by atoms with Crippen LogP contribution in [0.5, 0.6) is 0 Å². The van der Waals surface area contributed by atoms with Gasteiger partial charge in [-0.1, -0.05) is 133 Å². The van der Waals surface area contributed by atoms with Crippen LogP contribution >= 0.6 is 11.3 Å². The summed E-state index contributed by atoms with van der Waals surface area (Å²) in [4.78, 5) is 0. The molecule has 3 nitrogen and oxygen atoms in total. The van der Waals surface area contributed by atoms with Gasteiger partial charge in [-0.15, -0.1) is 11.3 Å². The monoisotopic (exact) mass is 659 g/mol. The first-order chi connectivity index (χ1) is 24.6. The lowest BCUT2D eigenvalue weighted by Gasteiger charge is -2.09. The maximum atomic E-state index is 8.39. The molecular weight excluding hydrogens is 627 g/mol. The summed E-state index contributed by atoms with van der Waals surface area (Å²) >= 11 is 1.92. The quantitative estimate of drug-likeness (QED) is 0.111. The summed E-state index contributed by atoms with van der Waals surface area (Å²) in [6.07, 6.45) is 0. The average Bonchev–Trinajstić information content (AvgIpc) is 3.70. The van der Waals surface area contributed by atoms with Gasteiger partial charge in [-0.2, -0.15) is 0 Å². The minimum atomic E-state index is 0.450. The summed E-state index contributed by atoms with van der Waals surface area (Å²) in [5.41, 5.74) is 13.5. The van der Waals surface area contributed by atoms with Crippen molar-refractivity contribution in [2.75, 3.05) is 5.73 Å². The minimum absolute atomic E-state index is 0.450. The maximum absolute atomic E-state index is 8.39. The number of hydrogen-bond donors (Lipinski definition) is 2. The van der Waals surface area contributed by atoms with Gasteiger partial charge in [0.05, 0.1) is 5.71 Å². The van der Waals surface area contributed by atoms with Crippen LogP contribution in [0.3, 0.4) is 0 Å². The van der Waals surface area contributed by atoms with E-state index in [2.05, 4.69) is 115 Å². The molecule has 0 atom stereocenters. The number of rotatable bonds is 3. The van der Waals surface area contributed by atoms with Crippen LogP contribution in [-0.4, -0.2) is 10.3 Å². The van der Waals surface area contributed by atoms with E-state index in [9.17, 15) is 0 Å². The number of nitrogens with zero attached hydrogens (tertiary/aromatic N) is 1. The summed E-state index contributed by atoms with van der Waals surface area (Å²) in [6, 6.07) is 57.0. The first-order valence-corrected chi connectivity index (χ1v) is 17.6. The van der Waals surface area contributed by atoms with E-state index in [-0.39, 0.29) is 0 Å². The molecule has 10 rings (SSSR count). The Morgan fingerprint density at radius 3 is 2.04 bits per heavy atom. The van der Waals surface area contributed by atoms with Gasteiger partial charge >= 0.3 is 0 Å². The Morgan fingerprint density at radius 2 is 1.20 bits per heavy atom. The van der Waals surface area contributed by atoms with Crippen LogP contribution in [-0.2, 0) is 7.05 Å².